The van der Waals surface area contributed by atoms with E-state index in [0.29, 0.717) is 19.1 Å². The highest BCUT2D eigenvalue weighted by molar-refractivity contribution is 6.18. The Kier molecular flexibility index (Phi) is 3.26. The van der Waals surface area contributed by atoms with E-state index in [-0.39, 0.29) is 5.41 Å². The highest BCUT2D eigenvalue weighted by atomic mass is 35.5. The van der Waals surface area contributed by atoms with Crippen LogP contribution < -0.4 is 9.47 Å². The Morgan fingerprint density at radius 2 is 2.06 bits per heavy atom. The molecule has 0 aromatic heterocycles. The molecule has 0 unspecified atom stereocenters. The number of methoxy groups -OCH3 is 2. The van der Waals surface area contributed by atoms with Gasteiger partial charge in [-0.3, -0.25) is 0 Å². The summed E-state index contributed by atoms with van der Waals surface area (Å²) >= 11 is 6.04. The smallest absolute Gasteiger partial charge is 0.123 e. The van der Waals surface area contributed by atoms with Crippen molar-refractivity contribution in [2.45, 2.75) is 5.41 Å². The average Bonchev–Trinajstić information content (AvgIpc) is 2.28. The zero-order valence-electron chi connectivity index (χ0n) is 9.46. The van der Waals surface area contributed by atoms with Gasteiger partial charge >= 0.3 is 0 Å². The molecule has 0 N–H and O–H groups in total. The predicted molar refractivity (Wildman–Crippen MR) is 62.8 cm³/mol. The fourth-order valence-corrected chi connectivity index (χ4v) is 2.18. The molecule has 1 fully saturated rings. The van der Waals surface area contributed by atoms with Gasteiger partial charge in [-0.05, 0) is 18.2 Å². The SMILES string of the molecule is COc1ccc(OC)c(C2(CCl)COC2)c1. The number of halogens is 1. The average molecular weight is 243 g/mol. The van der Waals surface area contributed by atoms with Crippen LogP contribution in [0.5, 0.6) is 11.5 Å². The molecule has 2 rings (SSSR count). The summed E-state index contributed by atoms with van der Waals surface area (Å²) in [5.41, 5.74) is 0.942. The number of alkyl halides is 1. The van der Waals surface area contributed by atoms with Crippen LogP contribution in [-0.2, 0) is 10.2 Å². The normalized spacial score (nSPS) is 17.7. The van der Waals surface area contributed by atoms with Crippen molar-refractivity contribution in [3.8, 4) is 11.5 Å². The molecule has 1 heterocycles. The maximum absolute atomic E-state index is 6.04. The van der Waals surface area contributed by atoms with Crippen LogP contribution in [0.3, 0.4) is 0 Å². The molecular weight excluding hydrogens is 228 g/mol. The minimum Gasteiger partial charge on any atom is -0.497 e. The number of hydrogen-bond donors (Lipinski definition) is 0. The molecule has 1 aromatic carbocycles. The van der Waals surface area contributed by atoms with Crippen LogP contribution in [-0.4, -0.2) is 33.3 Å². The molecule has 88 valence electrons. The van der Waals surface area contributed by atoms with Crippen LogP contribution in [0.1, 0.15) is 5.56 Å². The third-order valence-electron chi connectivity index (χ3n) is 2.99. The molecule has 1 aliphatic rings. The number of ether oxygens (including phenoxy) is 3. The van der Waals surface area contributed by atoms with E-state index in [2.05, 4.69) is 0 Å². The van der Waals surface area contributed by atoms with Crippen LogP contribution in [0, 0.1) is 0 Å². The molecule has 0 atom stereocenters. The monoisotopic (exact) mass is 242 g/mol. The Morgan fingerprint density at radius 3 is 2.50 bits per heavy atom. The van der Waals surface area contributed by atoms with Crippen LogP contribution in [0.25, 0.3) is 0 Å². The first kappa shape index (κ1) is 11.6. The van der Waals surface area contributed by atoms with Gasteiger partial charge in [-0.25, -0.2) is 0 Å². The molecule has 1 saturated heterocycles. The lowest BCUT2D eigenvalue weighted by Crippen LogP contribution is -2.48. The summed E-state index contributed by atoms with van der Waals surface area (Å²) in [4.78, 5) is 0. The van der Waals surface area contributed by atoms with Gasteiger partial charge in [-0.2, -0.15) is 0 Å². The second kappa shape index (κ2) is 4.52. The molecular formula is C12H15ClO3. The van der Waals surface area contributed by atoms with E-state index in [9.17, 15) is 0 Å². The van der Waals surface area contributed by atoms with Crippen molar-refractivity contribution in [1.29, 1.82) is 0 Å². The highest BCUT2D eigenvalue weighted by Gasteiger charge is 2.42. The standard InChI is InChI=1S/C12H15ClO3/c1-14-9-3-4-11(15-2)10(5-9)12(6-13)7-16-8-12/h3-5H,6-8H2,1-2H3. The molecule has 0 bridgehead atoms. The predicted octanol–water partition coefficient (Wildman–Crippen LogP) is 2.21. The first-order valence-electron chi connectivity index (χ1n) is 5.12. The Morgan fingerprint density at radius 1 is 1.31 bits per heavy atom. The summed E-state index contributed by atoms with van der Waals surface area (Å²) in [6.45, 7) is 1.28. The molecule has 0 amide bonds. The van der Waals surface area contributed by atoms with E-state index in [1.165, 1.54) is 0 Å². The van der Waals surface area contributed by atoms with Gasteiger partial charge in [0, 0.05) is 11.4 Å². The number of hydrogen-bond acceptors (Lipinski definition) is 3. The van der Waals surface area contributed by atoms with Gasteiger partial charge in [0.15, 0.2) is 0 Å². The maximum Gasteiger partial charge on any atom is 0.123 e. The zero-order chi connectivity index (χ0) is 11.6. The Balaban J connectivity index is 2.43. The number of rotatable bonds is 4. The Hall–Kier alpha value is -0.930. The minimum absolute atomic E-state index is 0.124. The first-order chi connectivity index (χ1) is 7.75. The van der Waals surface area contributed by atoms with E-state index < -0.39 is 0 Å². The van der Waals surface area contributed by atoms with Crippen LogP contribution >= 0.6 is 11.6 Å². The lowest BCUT2D eigenvalue weighted by atomic mass is 9.80. The Bertz CT molecular complexity index is 369. The van der Waals surface area contributed by atoms with Crippen molar-refractivity contribution in [1.82, 2.24) is 0 Å². The molecule has 16 heavy (non-hydrogen) atoms. The van der Waals surface area contributed by atoms with Gasteiger partial charge in [0.25, 0.3) is 0 Å². The number of benzene rings is 1. The van der Waals surface area contributed by atoms with Gasteiger partial charge in [-0.15, -0.1) is 11.6 Å². The topological polar surface area (TPSA) is 27.7 Å². The van der Waals surface area contributed by atoms with Crippen molar-refractivity contribution < 1.29 is 14.2 Å². The Labute approximate surface area is 100 Å². The lowest BCUT2D eigenvalue weighted by Gasteiger charge is -2.41. The molecule has 0 aliphatic carbocycles. The van der Waals surface area contributed by atoms with Gasteiger partial charge in [0.1, 0.15) is 11.5 Å². The largest absolute Gasteiger partial charge is 0.497 e. The van der Waals surface area contributed by atoms with Crippen molar-refractivity contribution >= 4 is 11.6 Å². The quantitative estimate of drug-likeness (QED) is 0.758. The van der Waals surface area contributed by atoms with Crippen molar-refractivity contribution in [3.05, 3.63) is 23.8 Å². The maximum atomic E-state index is 6.04. The summed E-state index contributed by atoms with van der Waals surface area (Å²) in [6, 6.07) is 5.76. The van der Waals surface area contributed by atoms with Crippen LogP contribution in [0.15, 0.2) is 18.2 Å². The molecule has 1 aliphatic heterocycles. The highest BCUT2D eigenvalue weighted by Crippen LogP contribution is 2.40. The van der Waals surface area contributed by atoms with Crippen LogP contribution in [0.2, 0.25) is 0 Å². The fraction of sp³-hybridized carbons (Fsp3) is 0.500. The van der Waals surface area contributed by atoms with Gasteiger partial charge < -0.3 is 14.2 Å². The second-order valence-electron chi connectivity index (χ2n) is 3.97. The minimum atomic E-state index is -0.124. The molecule has 1 aromatic rings. The molecule has 0 spiro atoms. The van der Waals surface area contributed by atoms with E-state index in [0.717, 1.165) is 17.1 Å². The summed E-state index contributed by atoms with van der Waals surface area (Å²) in [7, 11) is 3.31. The third-order valence-corrected chi connectivity index (χ3v) is 3.50. The van der Waals surface area contributed by atoms with Crippen LogP contribution in [0.4, 0.5) is 0 Å². The van der Waals surface area contributed by atoms with E-state index in [1.807, 2.05) is 18.2 Å². The fourth-order valence-electron chi connectivity index (χ4n) is 1.88. The van der Waals surface area contributed by atoms with Crippen molar-refractivity contribution in [3.63, 3.8) is 0 Å². The summed E-state index contributed by atoms with van der Waals surface area (Å²) in [5, 5.41) is 0. The van der Waals surface area contributed by atoms with E-state index >= 15 is 0 Å². The van der Waals surface area contributed by atoms with Crippen molar-refractivity contribution in [2.24, 2.45) is 0 Å². The summed E-state index contributed by atoms with van der Waals surface area (Å²) in [6.07, 6.45) is 0. The van der Waals surface area contributed by atoms with E-state index in [1.54, 1.807) is 14.2 Å². The molecule has 3 nitrogen and oxygen atoms in total. The lowest BCUT2D eigenvalue weighted by molar-refractivity contribution is -0.0489. The van der Waals surface area contributed by atoms with Gasteiger partial charge in [0.05, 0.1) is 32.8 Å². The van der Waals surface area contributed by atoms with Gasteiger partial charge in [0.2, 0.25) is 0 Å². The summed E-state index contributed by atoms with van der Waals surface area (Å²) in [5.74, 6) is 2.17. The second-order valence-corrected chi connectivity index (χ2v) is 4.24. The third kappa shape index (κ3) is 1.74. The van der Waals surface area contributed by atoms with Gasteiger partial charge in [-0.1, -0.05) is 0 Å². The summed E-state index contributed by atoms with van der Waals surface area (Å²) < 4.78 is 15.9. The zero-order valence-corrected chi connectivity index (χ0v) is 10.2. The first-order valence-corrected chi connectivity index (χ1v) is 5.65. The van der Waals surface area contributed by atoms with E-state index in [4.69, 9.17) is 25.8 Å². The molecule has 4 heteroatoms. The van der Waals surface area contributed by atoms with Crippen molar-refractivity contribution in [2.75, 3.05) is 33.3 Å². The molecule has 0 saturated carbocycles. The molecule has 0 radical (unpaired) electrons.